The maximum absolute atomic E-state index is 12.1. The van der Waals surface area contributed by atoms with E-state index >= 15 is 0 Å². The largest absolute Gasteiger partial charge is 0.495 e. The molecule has 1 heterocycles. The first-order valence-corrected chi connectivity index (χ1v) is 7.51. The highest BCUT2D eigenvalue weighted by atomic mass is 35.5. The van der Waals surface area contributed by atoms with E-state index in [-0.39, 0.29) is 18.1 Å². The molecule has 2 aromatic rings. The van der Waals surface area contributed by atoms with Gasteiger partial charge in [-0.3, -0.25) is 4.79 Å². The monoisotopic (exact) mass is 334 g/mol. The molecule has 0 aliphatic carbocycles. The fraction of sp³-hybridized carbons (Fsp3) is 0.250. The van der Waals surface area contributed by atoms with Crippen LogP contribution >= 0.6 is 11.6 Å². The van der Waals surface area contributed by atoms with Crippen molar-refractivity contribution in [3.05, 3.63) is 57.5 Å². The Morgan fingerprint density at radius 1 is 1.43 bits per heavy atom. The number of rotatable bonds is 5. The minimum absolute atomic E-state index is 0.0564. The van der Waals surface area contributed by atoms with E-state index in [9.17, 15) is 4.79 Å². The Morgan fingerprint density at radius 3 is 2.87 bits per heavy atom. The van der Waals surface area contributed by atoms with Gasteiger partial charge in [-0.25, -0.2) is 4.99 Å². The number of pyridine rings is 1. The van der Waals surface area contributed by atoms with Gasteiger partial charge in [0.05, 0.1) is 18.7 Å². The Bertz CT molecular complexity index is 771. The van der Waals surface area contributed by atoms with Gasteiger partial charge in [-0.15, -0.1) is 0 Å². The van der Waals surface area contributed by atoms with Gasteiger partial charge in [-0.05, 0) is 31.2 Å². The van der Waals surface area contributed by atoms with Crippen molar-refractivity contribution in [2.24, 2.45) is 10.7 Å². The van der Waals surface area contributed by atoms with Crippen LogP contribution in [-0.4, -0.2) is 17.6 Å². The third kappa shape index (κ3) is 4.26. The second kappa shape index (κ2) is 7.69. The zero-order chi connectivity index (χ0) is 16.8. The number of aliphatic imine (C=N–C) groups is 1. The molecule has 7 heteroatoms. The van der Waals surface area contributed by atoms with Gasteiger partial charge in [0.25, 0.3) is 5.56 Å². The van der Waals surface area contributed by atoms with Crippen LogP contribution in [0.5, 0.6) is 5.75 Å². The van der Waals surface area contributed by atoms with Crippen LogP contribution in [0.2, 0.25) is 5.02 Å². The zero-order valence-corrected chi connectivity index (χ0v) is 13.8. The Kier molecular flexibility index (Phi) is 5.65. The summed E-state index contributed by atoms with van der Waals surface area (Å²) in [7, 11) is 1.55. The van der Waals surface area contributed by atoms with Crippen LogP contribution in [0.3, 0.4) is 0 Å². The second-order valence-corrected chi connectivity index (χ2v) is 5.21. The summed E-state index contributed by atoms with van der Waals surface area (Å²) in [5.41, 5.74) is 7.07. The van der Waals surface area contributed by atoms with E-state index < -0.39 is 0 Å². The van der Waals surface area contributed by atoms with Crippen molar-refractivity contribution < 1.29 is 4.74 Å². The number of aryl methyl sites for hydroxylation is 1. The molecule has 6 nitrogen and oxygen atoms in total. The number of halogens is 1. The molecule has 0 saturated heterocycles. The predicted octanol–water partition coefficient (Wildman–Crippen LogP) is 2.46. The van der Waals surface area contributed by atoms with Crippen molar-refractivity contribution in [1.29, 1.82) is 0 Å². The maximum atomic E-state index is 12.1. The number of methoxy groups -OCH3 is 1. The molecule has 0 amide bonds. The first-order valence-electron chi connectivity index (χ1n) is 7.14. The smallest absolute Gasteiger partial charge is 0.255 e. The van der Waals surface area contributed by atoms with Crippen LogP contribution < -0.4 is 21.3 Å². The number of benzene rings is 1. The van der Waals surface area contributed by atoms with E-state index in [4.69, 9.17) is 22.1 Å². The lowest BCUT2D eigenvalue weighted by Gasteiger charge is -2.08. The Hall–Kier alpha value is -2.47. The fourth-order valence-corrected chi connectivity index (χ4v) is 2.32. The van der Waals surface area contributed by atoms with E-state index in [0.717, 1.165) is 0 Å². The molecule has 3 N–H and O–H groups in total. The summed E-state index contributed by atoms with van der Waals surface area (Å²) in [5, 5.41) is 3.40. The van der Waals surface area contributed by atoms with Crippen molar-refractivity contribution in [1.82, 2.24) is 4.57 Å². The van der Waals surface area contributed by atoms with E-state index in [1.807, 2.05) is 13.0 Å². The van der Waals surface area contributed by atoms with Gasteiger partial charge in [0.2, 0.25) is 0 Å². The van der Waals surface area contributed by atoms with Crippen LogP contribution in [0.25, 0.3) is 0 Å². The molecule has 0 radical (unpaired) electrons. The number of nitrogens with one attached hydrogen (secondary N) is 1. The summed E-state index contributed by atoms with van der Waals surface area (Å²) < 4.78 is 6.71. The summed E-state index contributed by atoms with van der Waals surface area (Å²) in [6, 6.07) is 8.77. The first-order chi connectivity index (χ1) is 11.0. The maximum Gasteiger partial charge on any atom is 0.255 e. The Labute approximate surface area is 139 Å². The molecule has 0 aliphatic heterocycles. The quantitative estimate of drug-likeness (QED) is 0.650. The number of hydrogen-bond donors (Lipinski definition) is 2. The lowest BCUT2D eigenvalue weighted by Crippen LogP contribution is -2.25. The molecule has 0 bridgehead atoms. The zero-order valence-electron chi connectivity index (χ0n) is 13.0. The van der Waals surface area contributed by atoms with Gasteiger partial charge in [0.1, 0.15) is 5.75 Å². The average molecular weight is 335 g/mol. The molecule has 0 aliphatic rings. The van der Waals surface area contributed by atoms with Crippen molar-refractivity contribution in [3.63, 3.8) is 0 Å². The highest BCUT2D eigenvalue weighted by Crippen LogP contribution is 2.26. The molecular weight excluding hydrogens is 316 g/mol. The lowest BCUT2D eigenvalue weighted by molar-refractivity contribution is 0.415. The molecule has 1 aromatic heterocycles. The normalized spacial score (nSPS) is 11.3. The SMILES string of the molecule is CCn1cccc(CN=C(N)Nc2ccc(OC)c(Cl)c2)c1=O. The molecule has 2 rings (SSSR count). The summed E-state index contributed by atoms with van der Waals surface area (Å²) in [4.78, 5) is 16.3. The molecule has 1 aromatic carbocycles. The third-order valence-corrected chi connectivity index (χ3v) is 3.58. The minimum Gasteiger partial charge on any atom is -0.495 e. The summed E-state index contributed by atoms with van der Waals surface area (Å²) in [6.07, 6.45) is 1.75. The highest BCUT2D eigenvalue weighted by molar-refractivity contribution is 6.32. The van der Waals surface area contributed by atoms with E-state index in [1.165, 1.54) is 0 Å². The number of ether oxygens (including phenoxy) is 1. The molecular formula is C16H19ClN4O2. The average Bonchev–Trinajstić information content (AvgIpc) is 2.54. The van der Waals surface area contributed by atoms with Crippen LogP contribution in [0.1, 0.15) is 12.5 Å². The molecule has 0 saturated carbocycles. The first kappa shape index (κ1) is 16.9. The summed E-state index contributed by atoms with van der Waals surface area (Å²) in [6.45, 7) is 2.74. The third-order valence-electron chi connectivity index (χ3n) is 3.28. The summed E-state index contributed by atoms with van der Waals surface area (Å²) in [5.74, 6) is 0.787. The Morgan fingerprint density at radius 2 is 2.22 bits per heavy atom. The highest BCUT2D eigenvalue weighted by Gasteiger charge is 2.04. The number of nitrogens with two attached hydrogens (primary N) is 1. The Balaban J connectivity index is 2.09. The van der Waals surface area contributed by atoms with Crippen LogP contribution in [0.4, 0.5) is 5.69 Å². The summed E-state index contributed by atoms with van der Waals surface area (Å²) >= 11 is 6.05. The van der Waals surface area contributed by atoms with Crippen LogP contribution in [-0.2, 0) is 13.1 Å². The standard InChI is InChI=1S/C16H19ClN4O2/c1-3-21-8-4-5-11(15(21)22)10-19-16(18)20-12-6-7-14(23-2)13(17)9-12/h4-9H,3,10H2,1-2H3,(H3,18,19,20). The molecule has 122 valence electrons. The number of nitrogens with zero attached hydrogens (tertiary/aromatic N) is 2. The molecule has 0 spiro atoms. The van der Waals surface area contributed by atoms with Crippen molar-refractivity contribution in [2.45, 2.75) is 20.0 Å². The predicted molar refractivity (Wildman–Crippen MR) is 93.3 cm³/mol. The molecule has 0 fully saturated rings. The fourth-order valence-electron chi connectivity index (χ4n) is 2.06. The van der Waals surface area contributed by atoms with E-state index in [0.29, 0.717) is 28.6 Å². The van der Waals surface area contributed by atoms with E-state index in [2.05, 4.69) is 10.3 Å². The van der Waals surface area contributed by atoms with Crippen molar-refractivity contribution >= 4 is 23.2 Å². The van der Waals surface area contributed by atoms with Crippen molar-refractivity contribution in [3.8, 4) is 5.75 Å². The van der Waals surface area contributed by atoms with E-state index in [1.54, 1.807) is 42.1 Å². The number of aromatic nitrogens is 1. The number of anilines is 1. The molecule has 0 unspecified atom stereocenters. The topological polar surface area (TPSA) is 81.6 Å². The molecule has 23 heavy (non-hydrogen) atoms. The number of guanidine groups is 1. The molecule has 0 atom stereocenters. The van der Waals surface area contributed by atoms with Gasteiger partial charge in [0.15, 0.2) is 5.96 Å². The minimum atomic E-state index is -0.0564. The van der Waals surface area contributed by atoms with Gasteiger partial charge < -0.3 is 20.4 Å². The second-order valence-electron chi connectivity index (χ2n) is 4.80. The van der Waals surface area contributed by atoms with Gasteiger partial charge in [-0.1, -0.05) is 17.7 Å². The van der Waals surface area contributed by atoms with Crippen LogP contribution in [0.15, 0.2) is 46.3 Å². The van der Waals surface area contributed by atoms with Gasteiger partial charge >= 0.3 is 0 Å². The van der Waals surface area contributed by atoms with Crippen molar-refractivity contribution in [2.75, 3.05) is 12.4 Å². The lowest BCUT2D eigenvalue weighted by atomic mass is 10.3. The van der Waals surface area contributed by atoms with Crippen LogP contribution in [0, 0.1) is 0 Å². The van der Waals surface area contributed by atoms with Gasteiger partial charge in [-0.2, -0.15) is 0 Å². The van der Waals surface area contributed by atoms with Gasteiger partial charge in [0, 0.05) is 24.0 Å². The number of hydrogen-bond acceptors (Lipinski definition) is 3.